The highest BCUT2D eigenvalue weighted by molar-refractivity contribution is 5.91. The highest BCUT2D eigenvalue weighted by Crippen LogP contribution is 2.47. The quantitative estimate of drug-likeness (QED) is 0.841. The number of nitrogens with one attached hydrogen (secondary N) is 1. The number of hydrogen-bond acceptors (Lipinski definition) is 3. The van der Waals surface area contributed by atoms with Gasteiger partial charge in [0.15, 0.2) is 0 Å². The Kier molecular flexibility index (Phi) is 3.92. The summed E-state index contributed by atoms with van der Waals surface area (Å²) >= 11 is 0. The summed E-state index contributed by atoms with van der Waals surface area (Å²) in [6.07, 6.45) is 6.75. The zero-order chi connectivity index (χ0) is 13.9. The van der Waals surface area contributed by atoms with Gasteiger partial charge in [-0.05, 0) is 43.4 Å². The van der Waals surface area contributed by atoms with Gasteiger partial charge in [-0.3, -0.25) is 4.79 Å². The van der Waals surface area contributed by atoms with Gasteiger partial charge in [-0.15, -0.1) is 0 Å². The molecule has 3 rings (SSSR count). The van der Waals surface area contributed by atoms with Crippen molar-refractivity contribution in [3.05, 3.63) is 29.7 Å². The first kappa shape index (κ1) is 13.4. The summed E-state index contributed by atoms with van der Waals surface area (Å²) in [5, 5.41) is 2.85. The van der Waals surface area contributed by atoms with Crippen molar-refractivity contribution in [1.82, 2.24) is 5.32 Å². The average Bonchev–Trinajstić information content (AvgIpc) is 2.92. The Bertz CT molecular complexity index is 500. The lowest BCUT2D eigenvalue weighted by Gasteiger charge is -2.08. The average molecular weight is 275 g/mol. The smallest absolute Gasteiger partial charge is 0.244 e. The van der Waals surface area contributed by atoms with Crippen LogP contribution in [0.25, 0.3) is 6.08 Å². The van der Waals surface area contributed by atoms with Crippen LogP contribution in [0.1, 0.15) is 43.6 Å². The number of amides is 1. The van der Waals surface area contributed by atoms with E-state index in [1.54, 1.807) is 6.08 Å². The molecule has 1 saturated carbocycles. The second-order valence-corrected chi connectivity index (χ2v) is 5.77. The molecule has 2 aliphatic rings. The molecule has 0 bridgehead atoms. The number of carbonyl (C=O) groups is 1. The molecular weight excluding hydrogens is 254 g/mol. The second-order valence-electron chi connectivity index (χ2n) is 5.77. The molecule has 2 fully saturated rings. The molecular formula is C16H21NO3. The standard InChI is InChI=1S/C16H21NO3/c1-11-9-14(11)15-6-4-12(20-15)5-7-16(18)17-10-13-3-2-8-19-13/h4-7,11,13-14H,2-3,8-10H2,1H3,(H,17,18)/b7-5+. The molecule has 0 aromatic carbocycles. The van der Waals surface area contributed by atoms with Crippen LogP contribution < -0.4 is 5.32 Å². The highest BCUT2D eigenvalue weighted by Gasteiger charge is 2.36. The SMILES string of the molecule is CC1CC1c1ccc(/C=C/C(=O)NCC2CCCO2)o1. The lowest BCUT2D eigenvalue weighted by molar-refractivity contribution is -0.116. The number of ether oxygens (including phenoxy) is 1. The van der Waals surface area contributed by atoms with Gasteiger partial charge in [0.2, 0.25) is 5.91 Å². The predicted molar refractivity (Wildman–Crippen MR) is 76.2 cm³/mol. The maximum Gasteiger partial charge on any atom is 0.244 e. The van der Waals surface area contributed by atoms with E-state index in [-0.39, 0.29) is 12.0 Å². The van der Waals surface area contributed by atoms with Gasteiger partial charge >= 0.3 is 0 Å². The normalized spacial score (nSPS) is 28.9. The first-order valence-electron chi connectivity index (χ1n) is 7.39. The molecule has 1 aromatic heterocycles. The van der Waals surface area contributed by atoms with E-state index in [1.807, 2.05) is 12.1 Å². The molecule has 3 atom stereocenters. The zero-order valence-electron chi connectivity index (χ0n) is 11.8. The topological polar surface area (TPSA) is 51.5 Å². The Balaban J connectivity index is 1.46. The van der Waals surface area contributed by atoms with Gasteiger partial charge < -0.3 is 14.5 Å². The van der Waals surface area contributed by atoms with Gasteiger partial charge in [0.25, 0.3) is 0 Å². The molecule has 1 aliphatic carbocycles. The number of hydrogen-bond donors (Lipinski definition) is 1. The Hall–Kier alpha value is -1.55. The van der Waals surface area contributed by atoms with E-state index in [9.17, 15) is 4.79 Å². The third kappa shape index (κ3) is 3.31. The molecule has 1 N–H and O–H groups in total. The molecule has 20 heavy (non-hydrogen) atoms. The van der Waals surface area contributed by atoms with E-state index in [0.717, 1.165) is 36.9 Å². The van der Waals surface area contributed by atoms with E-state index < -0.39 is 0 Å². The molecule has 3 unspecified atom stereocenters. The molecule has 108 valence electrons. The Morgan fingerprint density at radius 3 is 3.05 bits per heavy atom. The molecule has 4 heteroatoms. The summed E-state index contributed by atoms with van der Waals surface area (Å²) in [4.78, 5) is 11.7. The van der Waals surface area contributed by atoms with Gasteiger partial charge in [-0.1, -0.05) is 6.92 Å². The molecule has 1 amide bonds. The van der Waals surface area contributed by atoms with Gasteiger partial charge in [-0.25, -0.2) is 0 Å². The Morgan fingerprint density at radius 1 is 1.50 bits per heavy atom. The van der Waals surface area contributed by atoms with E-state index >= 15 is 0 Å². The van der Waals surface area contributed by atoms with E-state index in [4.69, 9.17) is 9.15 Å². The van der Waals surface area contributed by atoms with Gasteiger partial charge in [0.05, 0.1) is 6.10 Å². The van der Waals surface area contributed by atoms with Gasteiger partial charge in [-0.2, -0.15) is 0 Å². The highest BCUT2D eigenvalue weighted by atomic mass is 16.5. The summed E-state index contributed by atoms with van der Waals surface area (Å²) in [6, 6.07) is 3.93. The number of furan rings is 1. The number of carbonyl (C=O) groups excluding carboxylic acids is 1. The van der Waals surface area contributed by atoms with Crippen LogP contribution in [0.2, 0.25) is 0 Å². The summed E-state index contributed by atoms with van der Waals surface area (Å²) in [6.45, 7) is 3.62. The van der Waals surface area contributed by atoms with Gasteiger partial charge in [0.1, 0.15) is 11.5 Å². The minimum Gasteiger partial charge on any atom is -0.461 e. The van der Waals surface area contributed by atoms with E-state index in [1.165, 1.54) is 12.5 Å². The third-order valence-electron chi connectivity index (χ3n) is 4.05. The third-order valence-corrected chi connectivity index (χ3v) is 4.05. The fraction of sp³-hybridized carbons (Fsp3) is 0.562. The predicted octanol–water partition coefficient (Wildman–Crippen LogP) is 2.71. The molecule has 2 heterocycles. The van der Waals surface area contributed by atoms with Crippen LogP contribution in [0.4, 0.5) is 0 Å². The summed E-state index contributed by atoms with van der Waals surface area (Å²) < 4.78 is 11.2. The fourth-order valence-corrected chi connectivity index (χ4v) is 2.61. The summed E-state index contributed by atoms with van der Waals surface area (Å²) in [7, 11) is 0. The number of rotatable bonds is 5. The van der Waals surface area contributed by atoms with Gasteiger partial charge in [0, 0.05) is 25.1 Å². The fourth-order valence-electron chi connectivity index (χ4n) is 2.61. The minimum absolute atomic E-state index is 0.0989. The maximum absolute atomic E-state index is 11.7. The first-order chi connectivity index (χ1) is 9.72. The second kappa shape index (κ2) is 5.83. The van der Waals surface area contributed by atoms with Crippen LogP contribution in [0.3, 0.4) is 0 Å². The zero-order valence-corrected chi connectivity index (χ0v) is 11.8. The Morgan fingerprint density at radius 2 is 2.35 bits per heavy atom. The monoisotopic (exact) mass is 275 g/mol. The largest absolute Gasteiger partial charge is 0.461 e. The molecule has 1 saturated heterocycles. The van der Waals surface area contributed by atoms with Crippen LogP contribution in [0.5, 0.6) is 0 Å². The van der Waals surface area contributed by atoms with Crippen molar-refractivity contribution in [2.24, 2.45) is 5.92 Å². The summed E-state index contributed by atoms with van der Waals surface area (Å²) in [5.74, 6) is 2.99. The Labute approximate surface area is 119 Å². The molecule has 4 nitrogen and oxygen atoms in total. The lowest BCUT2D eigenvalue weighted by atomic mass is 10.2. The van der Waals surface area contributed by atoms with Crippen molar-refractivity contribution < 1.29 is 13.9 Å². The van der Waals surface area contributed by atoms with Crippen molar-refractivity contribution in [2.45, 2.75) is 38.2 Å². The molecule has 1 aliphatic heterocycles. The maximum atomic E-state index is 11.7. The first-order valence-corrected chi connectivity index (χ1v) is 7.39. The minimum atomic E-state index is -0.0989. The van der Waals surface area contributed by atoms with Crippen LogP contribution in [0.15, 0.2) is 22.6 Å². The van der Waals surface area contributed by atoms with Crippen molar-refractivity contribution in [3.63, 3.8) is 0 Å². The molecule has 0 radical (unpaired) electrons. The van der Waals surface area contributed by atoms with Crippen molar-refractivity contribution >= 4 is 12.0 Å². The molecule has 0 spiro atoms. The van der Waals surface area contributed by atoms with Crippen LogP contribution >= 0.6 is 0 Å². The van der Waals surface area contributed by atoms with Crippen LogP contribution in [-0.4, -0.2) is 25.2 Å². The van der Waals surface area contributed by atoms with E-state index in [2.05, 4.69) is 12.2 Å². The van der Waals surface area contributed by atoms with E-state index in [0.29, 0.717) is 12.5 Å². The van der Waals surface area contributed by atoms with Crippen molar-refractivity contribution in [2.75, 3.05) is 13.2 Å². The summed E-state index contributed by atoms with van der Waals surface area (Å²) in [5.41, 5.74) is 0. The van der Waals surface area contributed by atoms with Crippen molar-refractivity contribution in [1.29, 1.82) is 0 Å². The van der Waals surface area contributed by atoms with Crippen molar-refractivity contribution in [3.8, 4) is 0 Å². The van der Waals surface area contributed by atoms with Crippen LogP contribution in [-0.2, 0) is 9.53 Å². The molecule has 1 aromatic rings. The van der Waals surface area contributed by atoms with Crippen LogP contribution in [0, 0.1) is 5.92 Å². The lowest BCUT2D eigenvalue weighted by Crippen LogP contribution is -2.30.